The molecule has 1 saturated carbocycles. The lowest BCUT2D eigenvalue weighted by Gasteiger charge is -2.19. The van der Waals surface area contributed by atoms with Crippen LogP contribution in [0.25, 0.3) is 6.08 Å². The fourth-order valence-electron chi connectivity index (χ4n) is 3.23. The molecule has 34 heavy (non-hydrogen) atoms. The molecule has 1 aliphatic rings. The van der Waals surface area contributed by atoms with Crippen molar-refractivity contribution in [3.05, 3.63) is 71.3 Å². The van der Waals surface area contributed by atoms with E-state index in [1.54, 1.807) is 48.7 Å². The smallest absolute Gasteiger partial charge is 0.412 e. The first kappa shape index (κ1) is 24.9. The van der Waals surface area contributed by atoms with Crippen LogP contribution in [0.15, 0.2) is 59.6 Å². The molecule has 0 aliphatic heterocycles. The highest BCUT2D eigenvalue weighted by atomic mass is 16.6. The number of amides is 2. The van der Waals surface area contributed by atoms with Gasteiger partial charge < -0.3 is 4.74 Å². The highest BCUT2D eigenvalue weighted by molar-refractivity contribution is 5.97. The van der Waals surface area contributed by atoms with Crippen LogP contribution >= 0.6 is 0 Å². The van der Waals surface area contributed by atoms with Crippen molar-refractivity contribution >= 4 is 35.8 Å². The van der Waals surface area contributed by atoms with Gasteiger partial charge in [-0.25, -0.2) is 10.3 Å². The SMILES string of the molecule is CC(C)(C)OC(=O)Nc1ccc(C=NC2CC2CC(=O)c2ccc(C=CC(=O)NO)cc2)cc1. The molecule has 0 heterocycles. The zero-order valence-corrected chi connectivity index (χ0v) is 19.4. The van der Waals surface area contributed by atoms with Crippen LogP contribution in [-0.2, 0) is 9.53 Å². The van der Waals surface area contributed by atoms with Gasteiger partial charge in [-0.05, 0) is 62.4 Å². The minimum absolute atomic E-state index is 0.0592. The molecule has 0 aromatic heterocycles. The van der Waals surface area contributed by atoms with Crippen LogP contribution in [0.4, 0.5) is 10.5 Å². The lowest BCUT2D eigenvalue weighted by Crippen LogP contribution is -2.27. The first-order valence-electron chi connectivity index (χ1n) is 11.0. The first-order chi connectivity index (χ1) is 16.1. The Balaban J connectivity index is 1.45. The van der Waals surface area contributed by atoms with Gasteiger partial charge in [0.05, 0.1) is 6.04 Å². The maximum atomic E-state index is 12.5. The quantitative estimate of drug-likeness (QED) is 0.173. The van der Waals surface area contributed by atoms with Crippen molar-refractivity contribution in [2.45, 2.75) is 45.3 Å². The van der Waals surface area contributed by atoms with Gasteiger partial charge in [-0.2, -0.15) is 0 Å². The Bertz CT molecular complexity index is 1080. The fraction of sp³-hybridized carbons (Fsp3) is 0.308. The number of carbonyl (C=O) groups excluding carboxylic acids is 3. The van der Waals surface area contributed by atoms with Crippen LogP contribution in [0.1, 0.15) is 55.1 Å². The topological polar surface area (TPSA) is 117 Å². The van der Waals surface area contributed by atoms with Crippen molar-refractivity contribution in [2.75, 3.05) is 5.32 Å². The number of ketones is 1. The molecule has 0 saturated heterocycles. The summed E-state index contributed by atoms with van der Waals surface area (Å²) in [7, 11) is 0. The molecule has 3 N–H and O–H groups in total. The van der Waals surface area contributed by atoms with E-state index in [9.17, 15) is 14.4 Å². The highest BCUT2D eigenvalue weighted by Crippen LogP contribution is 2.37. The minimum Gasteiger partial charge on any atom is -0.444 e. The first-order valence-corrected chi connectivity index (χ1v) is 11.0. The summed E-state index contributed by atoms with van der Waals surface area (Å²) in [4.78, 5) is 40.0. The van der Waals surface area contributed by atoms with E-state index in [0.717, 1.165) is 17.5 Å². The molecule has 3 rings (SSSR count). The summed E-state index contributed by atoms with van der Waals surface area (Å²) in [5.41, 5.74) is 3.88. The third-order valence-electron chi connectivity index (χ3n) is 5.07. The van der Waals surface area contributed by atoms with E-state index >= 15 is 0 Å². The maximum Gasteiger partial charge on any atom is 0.412 e. The number of ether oxygens (including phenoxy) is 1. The monoisotopic (exact) mass is 463 g/mol. The number of nitrogens with one attached hydrogen (secondary N) is 2. The number of hydrogen-bond donors (Lipinski definition) is 3. The predicted octanol–water partition coefficient (Wildman–Crippen LogP) is 4.63. The van der Waals surface area contributed by atoms with Crippen LogP contribution in [0, 0.1) is 5.92 Å². The van der Waals surface area contributed by atoms with Crippen molar-refractivity contribution in [3.63, 3.8) is 0 Å². The van der Waals surface area contributed by atoms with Crippen molar-refractivity contribution in [3.8, 4) is 0 Å². The summed E-state index contributed by atoms with van der Waals surface area (Å²) < 4.78 is 5.23. The fourth-order valence-corrected chi connectivity index (χ4v) is 3.23. The van der Waals surface area contributed by atoms with E-state index in [-0.39, 0.29) is 17.7 Å². The highest BCUT2D eigenvalue weighted by Gasteiger charge is 2.38. The molecular formula is C26H29N3O5. The molecule has 2 aromatic carbocycles. The summed E-state index contributed by atoms with van der Waals surface area (Å²) in [5, 5.41) is 11.2. The number of hydroxylamine groups is 1. The lowest BCUT2D eigenvalue weighted by molar-refractivity contribution is -0.124. The van der Waals surface area contributed by atoms with E-state index in [0.29, 0.717) is 17.7 Å². The number of rotatable bonds is 8. The van der Waals surface area contributed by atoms with Crippen molar-refractivity contribution in [2.24, 2.45) is 10.9 Å². The van der Waals surface area contributed by atoms with Gasteiger partial charge in [-0.3, -0.25) is 25.1 Å². The van der Waals surface area contributed by atoms with E-state index in [4.69, 9.17) is 9.94 Å². The van der Waals surface area contributed by atoms with Crippen LogP contribution in [0.5, 0.6) is 0 Å². The molecule has 2 unspecified atom stereocenters. The van der Waals surface area contributed by atoms with Gasteiger partial charge in [-0.15, -0.1) is 0 Å². The van der Waals surface area contributed by atoms with E-state index in [1.165, 1.54) is 11.6 Å². The predicted molar refractivity (Wildman–Crippen MR) is 130 cm³/mol. The summed E-state index contributed by atoms with van der Waals surface area (Å²) in [5.74, 6) is -0.331. The lowest BCUT2D eigenvalue weighted by atomic mass is 10.0. The second-order valence-electron chi connectivity index (χ2n) is 9.15. The number of Topliss-reactive ketones (excluding diaryl/α,β-unsaturated/α-hetero) is 1. The molecular weight excluding hydrogens is 434 g/mol. The second kappa shape index (κ2) is 10.9. The van der Waals surface area contributed by atoms with E-state index in [2.05, 4.69) is 10.3 Å². The Morgan fingerprint density at radius 3 is 2.32 bits per heavy atom. The number of nitrogens with zero attached hydrogens (tertiary/aromatic N) is 1. The zero-order chi connectivity index (χ0) is 24.7. The van der Waals surface area contributed by atoms with Gasteiger partial charge >= 0.3 is 6.09 Å². The second-order valence-corrected chi connectivity index (χ2v) is 9.15. The molecule has 1 aliphatic carbocycles. The molecule has 8 heteroatoms. The molecule has 0 bridgehead atoms. The Kier molecular flexibility index (Phi) is 7.96. The van der Waals surface area contributed by atoms with Crippen molar-refractivity contribution < 1.29 is 24.3 Å². The Labute approximate surface area is 198 Å². The molecule has 0 radical (unpaired) electrons. The van der Waals surface area contributed by atoms with Crippen molar-refractivity contribution in [1.82, 2.24) is 5.48 Å². The van der Waals surface area contributed by atoms with Crippen LogP contribution in [-0.4, -0.2) is 40.8 Å². The van der Waals surface area contributed by atoms with Crippen LogP contribution in [0.2, 0.25) is 0 Å². The average molecular weight is 464 g/mol. The summed E-state index contributed by atoms with van der Waals surface area (Å²) in [6.07, 6.45) is 5.34. The number of carbonyl (C=O) groups is 3. The molecule has 178 valence electrons. The summed E-state index contributed by atoms with van der Waals surface area (Å²) >= 11 is 0. The Morgan fingerprint density at radius 2 is 1.71 bits per heavy atom. The minimum atomic E-state index is -0.617. The largest absolute Gasteiger partial charge is 0.444 e. The summed E-state index contributed by atoms with van der Waals surface area (Å²) in [6, 6.07) is 14.4. The molecule has 2 aromatic rings. The molecule has 2 atom stereocenters. The van der Waals surface area contributed by atoms with Gasteiger partial charge in [-0.1, -0.05) is 36.4 Å². The maximum absolute atomic E-state index is 12.5. The van der Waals surface area contributed by atoms with E-state index < -0.39 is 17.6 Å². The van der Waals surface area contributed by atoms with Gasteiger partial charge in [0.15, 0.2) is 5.78 Å². The van der Waals surface area contributed by atoms with Crippen LogP contribution < -0.4 is 10.8 Å². The normalized spacial score (nSPS) is 17.5. The molecule has 0 spiro atoms. The third-order valence-corrected chi connectivity index (χ3v) is 5.07. The number of aliphatic imine (C=N–C) groups is 1. The Morgan fingerprint density at radius 1 is 1.06 bits per heavy atom. The molecule has 2 amide bonds. The summed E-state index contributed by atoms with van der Waals surface area (Å²) in [6.45, 7) is 5.43. The van der Waals surface area contributed by atoms with Gasteiger partial charge in [0.2, 0.25) is 0 Å². The number of benzene rings is 2. The average Bonchev–Trinajstić information content (AvgIpc) is 3.53. The van der Waals surface area contributed by atoms with Crippen LogP contribution in [0.3, 0.4) is 0 Å². The number of hydrogen-bond acceptors (Lipinski definition) is 6. The van der Waals surface area contributed by atoms with Gasteiger partial charge in [0, 0.05) is 30.0 Å². The van der Waals surface area contributed by atoms with Gasteiger partial charge in [0.1, 0.15) is 5.60 Å². The standard InChI is InChI=1S/C26H29N3O5/c1-26(2,3)34-25(32)28-21-11-6-18(7-12-21)16-27-22-14-20(22)15-23(30)19-9-4-17(5-10-19)8-13-24(31)29-33/h4-13,16,20,22,33H,14-15H2,1-3H3,(H,28,32)(H,29,31). The van der Waals surface area contributed by atoms with Crippen molar-refractivity contribution in [1.29, 1.82) is 0 Å². The molecule has 8 nitrogen and oxygen atoms in total. The van der Waals surface area contributed by atoms with E-state index in [1.807, 2.05) is 32.9 Å². The number of anilines is 1. The zero-order valence-electron chi connectivity index (χ0n) is 19.4. The Hall–Kier alpha value is -3.78. The molecule has 1 fully saturated rings. The van der Waals surface area contributed by atoms with Gasteiger partial charge in [0.25, 0.3) is 5.91 Å². The third kappa shape index (κ3) is 7.97.